The number of guanidine groups is 1. The Labute approximate surface area is 157 Å². The van der Waals surface area contributed by atoms with Crippen molar-refractivity contribution in [1.29, 1.82) is 0 Å². The predicted molar refractivity (Wildman–Crippen MR) is 109 cm³/mol. The normalized spacial score (nSPS) is 21.0. The third-order valence-corrected chi connectivity index (χ3v) is 4.48. The molecule has 1 saturated heterocycles. The fourth-order valence-electron chi connectivity index (χ4n) is 2.90. The first kappa shape index (κ1) is 18.4. The Kier molecular flexibility index (Phi) is 6.99. The first-order valence-corrected chi connectivity index (χ1v) is 8.61. The van der Waals surface area contributed by atoms with Gasteiger partial charge in [0, 0.05) is 37.9 Å². The van der Waals surface area contributed by atoms with Crippen LogP contribution in [-0.4, -0.2) is 38.2 Å². The highest BCUT2D eigenvalue weighted by molar-refractivity contribution is 14.0. The SMILES string of the molecule is CCNC(=NCC1CC1)NC1CCN(c2ccc(C)cc2)C1.I. The van der Waals surface area contributed by atoms with Crippen LogP contribution in [0.3, 0.4) is 0 Å². The molecule has 1 aromatic rings. The maximum absolute atomic E-state index is 4.72. The standard InChI is InChI=1S/C18H28N4.HI/c1-3-19-18(20-12-15-6-7-15)21-16-10-11-22(13-16)17-8-4-14(2)5-9-17;/h4-5,8-9,15-16H,3,6-7,10-13H2,1-2H3,(H2,19,20,21);1H. The van der Waals surface area contributed by atoms with Gasteiger partial charge < -0.3 is 15.5 Å². The third kappa shape index (κ3) is 5.55. The van der Waals surface area contributed by atoms with E-state index in [0.29, 0.717) is 6.04 Å². The maximum atomic E-state index is 4.72. The van der Waals surface area contributed by atoms with Gasteiger partial charge in [0.15, 0.2) is 5.96 Å². The number of hydrogen-bond acceptors (Lipinski definition) is 2. The van der Waals surface area contributed by atoms with E-state index in [0.717, 1.165) is 38.1 Å². The Morgan fingerprint density at radius 2 is 1.96 bits per heavy atom. The second kappa shape index (κ2) is 8.76. The lowest BCUT2D eigenvalue weighted by atomic mass is 10.2. The Balaban J connectivity index is 0.00000192. The summed E-state index contributed by atoms with van der Waals surface area (Å²) in [6, 6.07) is 9.32. The van der Waals surface area contributed by atoms with Crippen molar-refractivity contribution in [3.05, 3.63) is 29.8 Å². The summed E-state index contributed by atoms with van der Waals surface area (Å²) < 4.78 is 0. The number of rotatable bonds is 5. The summed E-state index contributed by atoms with van der Waals surface area (Å²) in [6.45, 7) is 8.33. The van der Waals surface area contributed by atoms with Crippen LogP contribution < -0.4 is 15.5 Å². The molecule has 2 aliphatic rings. The smallest absolute Gasteiger partial charge is 0.191 e. The summed E-state index contributed by atoms with van der Waals surface area (Å²) >= 11 is 0. The Bertz CT molecular complexity index is 510. The number of anilines is 1. The Hall–Kier alpha value is -0.980. The highest BCUT2D eigenvalue weighted by Gasteiger charge is 2.24. The van der Waals surface area contributed by atoms with E-state index in [1.807, 2.05) is 0 Å². The van der Waals surface area contributed by atoms with Gasteiger partial charge in [0.1, 0.15) is 0 Å². The van der Waals surface area contributed by atoms with Gasteiger partial charge in [0.05, 0.1) is 0 Å². The van der Waals surface area contributed by atoms with Gasteiger partial charge in [0.25, 0.3) is 0 Å². The lowest BCUT2D eigenvalue weighted by Gasteiger charge is -2.20. The van der Waals surface area contributed by atoms with Gasteiger partial charge in [0.2, 0.25) is 0 Å². The van der Waals surface area contributed by atoms with Crippen molar-refractivity contribution in [1.82, 2.24) is 10.6 Å². The summed E-state index contributed by atoms with van der Waals surface area (Å²) in [5.41, 5.74) is 2.65. The van der Waals surface area contributed by atoms with E-state index in [1.165, 1.54) is 30.5 Å². The molecule has 0 amide bonds. The first-order chi connectivity index (χ1) is 10.7. The van der Waals surface area contributed by atoms with Gasteiger partial charge in [-0.3, -0.25) is 4.99 Å². The average Bonchev–Trinajstić information content (AvgIpc) is 3.24. The minimum atomic E-state index is 0. The summed E-state index contributed by atoms with van der Waals surface area (Å²) in [6.07, 6.45) is 3.88. The Morgan fingerprint density at radius 3 is 2.61 bits per heavy atom. The molecule has 0 spiro atoms. The minimum Gasteiger partial charge on any atom is -0.369 e. The molecule has 0 bridgehead atoms. The van der Waals surface area contributed by atoms with E-state index in [2.05, 4.69) is 53.6 Å². The zero-order chi connectivity index (χ0) is 15.4. The quantitative estimate of drug-likeness (QED) is 0.430. The van der Waals surface area contributed by atoms with Gasteiger partial charge in [-0.05, 0) is 51.2 Å². The van der Waals surface area contributed by atoms with Crippen LogP contribution in [0.5, 0.6) is 0 Å². The van der Waals surface area contributed by atoms with Gasteiger partial charge in [-0.15, -0.1) is 24.0 Å². The van der Waals surface area contributed by atoms with E-state index in [-0.39, 0.29) is 24.0 Å². The van der Waals surface area contributed by atoms with Crippen LogP contribution in [0.15, 0.2) is 29.3 Å². The van der Waals surface area contributed by atoms with Crippen molar-refractivity contribution >= 4 is 35.6 Å². The fourth-order valence-corrected chi connectivity index (χ4v) is 2.90. The zero-order valence-corrected chi connectivity index (χ0v) is 16.5. The molecule has 5 heteroatoms. The van der Waals surface area contributed by atoms with E-state index in [9.17, 15) is 0 Å². The molecule has 0 radical (unpaired) electrons. The highest BCUT2D eigenvalue weighted by Crippen LogP contribution is 2.28. The number of benzene rings is 1. The topological polar surface area (TPSA) is 39.7 Å². The summed E-state index contributed by atoms with van der Waals surface area (Å²) in [5, 5.41) is 6.98. The number of hydrogen-bond donors (Lipinski definition) is 2. The van der Waals surface area contributed by atoms with E-state index in [4.69, 9.17) is 4.99 Å². The molecular formula is C18H29IN4. The van der Waals surface area contributed by atoms with Gasteiger partial charge >= 0.3 is 0 Å². The lowest BCUT2D eigenvalue weighted by Crippen LogP contribution is -2.44. The summed E-state index contributed by atoms with van der Waals surface area (Å²) in [5.74, 6) is 1.83. The predicted octanol–water partition coefficient (Wildman–Crippen LogP) is 3.16. The van der Waals surface area contributed by atoms with Gasteiger partial charge in [-0.25, -0.2) is 0 Å². The molecule has 1 aromatic carbocycles. The van der Waals surface area contributed by atoms with Crippen molar-refractivity contribution in [3.63, 3.8) is 0 Å². The minimum absolute atomic E-state index is 0. The van der Waals surface area contributed by atoms with Crippen molar-refractivity contribution in [3.8, 4) is 0 Å². The summed E-state index contributed by atoms with van der Waals surface area (Å²) in [7, 11) is 0. The van der Waals surface area contributed by atoms with Crippen LogP contribution in [0.2, 0.25) is 0 Å². The van der Waals surface area contributed by atoms with Crippen molar-refractivity contribution < 1.29 is 0 Å². The second-order valence-corrected chi connectivity index (χ2v) is 6.57. The van der Waals surface area contributed by atoms with Gasteiger partial charge in [-0.1, -0.05) is 17.7 Å². The number of nitrogens with zero attached hydrogens (tertiary/aromatic N) is 2. The fraction of sp³-hybridized carbons (Fsp3) is 0.611. The van der Waals surface area contributed by atoms with Crippen LogP contribution in [0, 0.1) is 12.8 Å². The molecule has 1 atom stereocenters. The molecule has 23 heavy (non-hydrogen) atoms. The van der Waals surface area contributed by atoms with Crippen LogP contribution in [0.1, 0.15) is 31.7 Å². The first-order valence-electron chi connectivity index (χ1n) is 8.61. The molecule has 2 fully saturated rings. The van der Waals surface area contributed by atoms with Crippen molar-refractivity contribution in [2.45, 2.75) is 39.2 Å². The van der Waals surface area contributed by atoms with Gasteiger partial charge in [-0.2, -0.15) is 0 Å². The number of nitrogens with one attached hydrogen (secondary N) is 2. The molecular weight excluding hydrogens is 399 g/mol. The van der Waals surface area contributed by atoms with Crippen molar-refractivity contribution in [2.75, 3.05) is 31.1 Å². The van der Waals surface area contributed by atoms with E-state index < -0.39 is 0 Å². The van der Waals surface area contributed by atoms with Crippen LogP contribution in [0.25, 0.3) is 0 Å². The summed E-state index contributed by atoms with van der Waals surface area (Å²) in [4.78, 5) is 7.18. The van der Waals surface area contributed by atoms with Crippen LogP contribution in [-0.2, 0) is 0 Å². The molecule has 4 nitrogen and oxygen atoms in total. The van der Waals surface area contributed by atoms with E-state index >= 15 is 0 Å². The van der Waals surface area contributed by atoms with Crippen molar-refractivity contribution in [2.24, 2.45) is 10.9 Å². The number of aliphatic imine (C=N–C) groups is 1. The molecule has 1 aliphatic heterocycles. The highest BCUT2D eigenvalue weighted by atomic mass is 127. The second-order valence-electron chi connectivity index (χ2n) is 6.57. The van der Waals surface area contributed by atoms with E-state index in [1.54, 1.807) is 0 Å². The molecule has 0 aromatic heterocycles. The third-order valence-electron chi connectivity index (χ3n) is 4.48. The molecule has 3 rings (SSSR count). The zero-order valence-electron chi connectivity index (χ0n) is 14.2. The largest absolute Gasteiger partial charge is 0.369 e. The Morgan fingerprint density at radius 1 is 1.22 bits per heavy atom. The number of halogens is 1. The molecule has 1 unspecified atom stereocenters. The molecule has 128 valence electrons. The molecule has 1 heterocycles. The molecule has 1 aliphatic carbocycles. The number of aryl methyl sites for hydroxylation is 1. The maximum Gasteiger partial charge on any atom is 0.191 e. The lowest BCUT2D eigenvalue weighted by molar-refractivity contribution is 0.647. The van der Waals surface area contributed by atoms with Crippen LogP contribution >= 0.6 is 24.0 Å². The monoisotopic (exact) mass is 428 g/mol. The van der Waals surface area contributed by atoms with Crippen LogP contribution in [0.4, 0.5) is 5.69 Å². The molecule has 1 saturated carbocycles. The molecule has 2 N–H and O–H groups in total. The average molecular weight is 428 g/mol.